The highest BCUT2D eigenvalue weighted by Crippen LogP contribution is 2.29. The molecule has 2 amide bonds. The fourth-order valence-electron chi connectivity index (χ4n) is 4.77. The molecule has 2 aromatic rings. The number of thiophene rings is 1. The van der Waals surface area contributed by atoms with Crippen molar-refractivity contribution in [3.8, 4) is 0 Å². The molecule has 4 aliphatic heterocycles. The Balaban J connectivity index is 1.35. The fourth-order valence-corrected chi connectivity index (χ4v) is 5.66. The van der Waals surface area contributed by atoms with Crippen LogP contribution in [0.3, 0.4) is 0 Å². The maximum absolute atomic E-state index is 13.1. The van der Waals surface area contributed by atoms with Crippen LogP contribution in [0.2, 0.25) is 0 Å². The molecular formula is C21H27N5O2S. The molecule has 0 aliphatic carbocycles. The minimum atomic E-state index is -0.130. The van der Waals surface area contributed by atoms with Gasteiger partial charge in [-0.15, -0.1) is 11.3 Å². The molecule has 4 aliphatic rings. The number of hydrogen-bond donors (Lipinski definition) is 1. The second-order valence-electron chi connectivity index (χ2n) is 8.53. The van der Waals surface area contributed by atoms with Crippen molar-refractivity contribution in [1.29, 1.82) is 0 Å². The quantitative estimate of drug-likeness (QED) is 0.826. The van der Waals surface area contributed by atoms with Gasteiger partial charge in [-0.05, 0) is 45.0 Å². The number of likely N-dealkylation sites (N-methyl/N-ethyl adjacent to an activating group) is 1. The van der Waals surface area contributed by atoms with E-state index in [0.717, 1.165) is 68.7 Å². The third-order valence-electron chi connectivity index (χ3n) is 6.69. The first-order chi connectivity index (χ1) is 14.1. The number of pyridine rings is 1. The lowest BCUT2D eigenvalue weighted by atomic mass is 9.84. The van der Waals surface area contributed by atoms with E-state index in [-0.39, 0.29) is 17.9 Å². The minimum Gasteiger partial charge on any atom is -0.346 e. The zero-order chi connectivity index (χ0) is 20.0. The van der Waals surface area contributed by atoms with Crippen LogP contribution in [0.5, 0.6) is 0 Å². The van der Waals surface area contributed by atoms with E-state index >= 15 is 0 Å². The lowest BCUT2D eigenvalue weighted by molar-refractivity contribution is 0.0617. The molecule has 4 saturated heterocycles. The van der Waals surface area contributed by atoms with Crippen LogP contribution in [0.4, 0.5) is 0 Å². The molecule has 29 heavy (non-hydrogen) atoms. The first-order valence-electron chi connectivity index (χ1n) is 10.5. The predicted molar refractivity (Wildman–Crippen MR) is 113 cm³/mol. The highest BCUT2D eigenvalue weighted by molar-refractivity contribution is 7.17. The van der Waals surface area contributed by atoms with Crippen molar-refractivity contribution in [2.75, 3.05) is 52.9 Å². The predicted octanol–water partition coefficient (Wildman–Crippen LogP) is 1.51. The van der Waals surface area contributed by atoms with Crippen LogP contribution >= 0.6 is 11.3 Å². The fraction of sp³-hybridized carbons (Fsp3) is 0.571. The van der Waals surface area contributed by atoms with Crippen molar-refractivity contribution >= 4 is 33.2 Å². The van der Waals surface area contributed by atoms with E-state index in [1.807, 2.05) is 10.3 Å². The number of piperidine rings is 3. The zero-order valence-corrected chi connectivity index (χ0v) is 17.6. The van der Waals surface area contributed by atoms with E-state index in [9.17, 15) is 9.59 Å². The van der Waals surface area contributed by atoms with E-state index in [1.54, 1.807) is 12.3 Å². The number of fused-ring (bicyclic) bond motifs is 4. The summed E-state index contributed by atoms with van der Waals surface area (Å²) in [4.78, 5) is 36.9. The highest BCUT2D eigenvalue weighted by atomic mass is 32.1. The molecule has 8 heteroatoms. The van der Waals surface area contributed by atoms with E-state index < -0.39 is 0 Å². The summed E-state index contributed by atoms with van der Waals surface area (Å²) in [6.07, 6.45) is 4.05. The summed E-state index contributed by atoms with van der Waals surface area (Å²) in [6.45, 7) is 6.49. The molecule has 7 nitrogen and oxygen atoms in total. The summed E-state index contributed by atoms with van der Waals surface area (Å²) in [5, 5.41) is 5.95. The average molecular weight is 414 g/mol. The van der Waals surface area contributed by atoms with Gasteiger partial charge in [0.25, 0.3) is 11.8 Å². The summed E-state index contributed by atoms with van der Waals surface area (Å²) >= 11 is 1.51. The molecule has 1 atom stereocenters. The van der Waals surface area contributed by atoms with Crippen molar-refractivity contribution in [3.63, 3.8) is 0 Å². The Hall–Kier alpha value is -2.03. The summed E-state index contributed by atoms with van der Waals surface area (Å²) in [6, 6.07) is 2.00. The Morgan fingerprint density at radius 2 is 1.90 bits per heavy atom. The number of carbonyl (C=O) groups is 2. The number of amides is 2. The third-order valence-corrected chi connectivity index (χ3v) is 7.62. The molecule has 2 aromatic heterocycles. The zero-order valence-electron chi connectivity index (χ0n) is 16.8. The lowest BCUT2D eigenvalue weighted by Crippen LogP contribution is -2.57. The largest absolute Gasteiger partial charge is 0.346 e. The summed E-state index contributed by atoms with van der Waals surface area (Å²) < 4.78 is 0.946. The first kappa shape index (κ1) is 19.0. The molecule has 0 aromatic carbocycles. The third kappa shape index (κ3) is 3.65. The summed E-state index contributed by atoms with van der Waals surface area (Å²) in [5.74, 6) is 0.498. The van der Waals surface area contributed by atoms with Gasteiger partial charge in [0.05, 0.1) is 10.3 Å². The van der Waals surface area contributed by atoms with Gasteiger partial charge in [0.1, 0.15) is 5.69 Å². The van der Waals surface area contributed by atoms with Crippen LogP contribution in [-0.4, -0.2) is 90.4 Å². The monoisotopic (exact) mass is 413 g/mol. The number of aromatic nitrogens is 1. The topological polar surface area (TPSA) is 68.8 Å². The molecule has 0 spiro atoms. The van der Waals surface area contributed by atoms with E-state index in [2.05, 4.69) is 27.1 Å². The van der Waals surface area contributed by atoms with Gasteiger partial charge >= 0.3 is 0 Å². The molecular weight excluding hydrogens is 386 g/mol. The summed E-state index contributed by atoms with van der Waals surface area (Å²) in [5.41, 5.74) is 1.09. The molecule has 4 fully saturated rings. The van der Waals surface area contributed by atoms with Gasteiger partial charge in [-0.2, -0.15) is 0 Å². The Labute approximate surface area is 174 Å². The number of nitrogens with zero attached hydrogens (tertiary/aromatic N) is 4. The van der Waals surface area contributed by atoms with Crippen molar-refractivity contribution < 1.29 is 9.59 Å². The lowest BCUT2D eigenvalue weighted by Gasteiger charge is -2.44. The van der Waals surface area contributed by atoms with Gasteiger partial charge in [0.2, 0.25) is 0 Å². The van der Waals surface area contributed by atoms with E-state index in [0.29, 0.717) is 17.2 Å². The number of rotatable bonds is 3. The normalized spacial score (nSPS) is 27.3. The van der Waals surface area contributed by atoms with Crippen LogP contribution in [0.1, 0.15) is 33.7 Å². The minimum absolute atomic E-state index is 0.0549. The second kappa shape index (κ2) is 7.66. The smallest absolute Gasteiger partial charge is 0.270 e. The van der Waals surface area contributed by atoms with Crippen LogP contribution in [0, 0.1) is 5.92 Å². The van der Waals surface area contributed by atoms with Crippen LogP contribution in [-0.2, 0) is 0 Å². The second-order valence-corrected chi connectivity index (χ2v) is 9.44. The number of nitrogens with one attached hydrogen (secondary N) is 1. The maximum atomic E-state index is 13.1. The molecule has 1 N–H and O–H groups in total. The van der Waals surface area contributed by atoms with Gasteiger partial charge in [-0.25, -0.2) is 4.98 Å². The van der Waals surface area contributed by atoms with Gasteiger partial charge in [-0.3, -0.25) is 9.59 Å². The summed E-state index contributed by atoms with van der Waals surface area (Å²) in [7, 11) is 2.08. The Morgan fingerprint density at radius 1 is 1.14 bits per heavy atom. The van der Waals surface area contributed by atoms with Gasteiger partial charge in [0.15, 0.2) is 0 Å². The Kier molecular flexibility index (Phi) is 5.01. The van der Waals surface area contributed by atoms with E-state index in [1.165, 1.54) is 11.3 Å². The van der Waals surface area contributed by atoms with Gasteiger partial charge in [0, 0.05) is 55.7 Å². The van der Waals surface area contributed by atoms with Crippen LogP contribution < -0.4 is 5.32 Å². The van der Waals surface area contributed by atoms with Gasteiger partial charge in [-0.1, -0.05) is 0 Å². The molecule has 154 valence electrons. The van der Waals surface area contributed by atoms with Crippen LogP contribution in [0.15, 0.2) is 17.6 Å². The van der Waals surface area contributed by atoms with Crippen molar-refractivity contribution in [3.05, 3.63) is 28.9 Å². The van der Waals surface area contributed by atoms with Crippen molar-refractivity contribution in [2.24, 2.45) is 5.92 Å². The molecule has 2 bridgehead atoms. The van der Waals surface area contributed by atoms with Crippen LogP contribution in [0.25, 0.3) is 10.1 Å². The molecule has 0 radical (unpaired) electrons. The number of hydrogen-bond acceptors (Lipinski definition) is 6. The Morgan fingerprint density at radius 3 is 2.59 bits per heavy atom. The van der Waals surface area contributed by atoms with Gasteiger partial charge < -0.3 is 20.0 Å². The molecule has 6 rings (SSSR count). The maximum Gasteiger partial charge on any atom is 0.270 e. The SMILES string of the molecule is CN1CCN(C(=O)c2csc3cnc(C(=O)NC4CN5CCC4CC5)cc23)CC1. The van der Waals surface area contributed by atoms with E-state index in [4.69, 9.17) is 0 Å². The highest BCUT2D eigenvalue weighted by Gasteiger charge is 2.35. The van der Waals surface area contributed by atoms with Crippen molar-refractivity contribution in [1.82, 2.24) is 25.0 Å². The number of carbonyl (C=O) groups excluding carboxylic acids is 2. The average Bonchev–Trinajstić information content (AvgIpc) is 3.18. The van der Waals surface area contributed by atoms with Crippen molar-refractivity contribution in [2.45, 2.75) is 18.9 Å². The molecule has 0 saturated carbocycles. The standard InChI is InChI=1S/C21H27N5O2S/c1-24-6-8-26(9-7-24)21(28)16-13-29-19-11-22-17(10-15(16)19)20(27)23-18-12-25-4-2-14(18)3-5-25/h10-11,13-14,18H,2-9,12H2,1H3,(H,23,27). The molecule has 6 heterocycles. The number of piperazine rings is 1. The molecule has 1 unspecified atom stereocenters. The Bertz CT molecular complexity index is 928. The first-order valence-corrected chi connectivity index (χ1v) is 11.3.